The van der Waals surface area contributed by atoms with Crippen LogP contribution in [0.4, 0.5) is 0 Å². The van der Waals surface area contributed by atoms with E-state index in [1.165, 1.54) is 16.8 Å². The fourth-order valence-corrected chi connectivity index (χ4v) is 1.87. The summed E-state index contributed by atoms with van der Waals surface area (Å²) in [7, 11) is 0. The lowest BCUT2D eigenvalue weighted by Gasteiger charge is -2.19. The Kier molecular flexibility index (Phi) is 1.30. The molecular formula is C11H9NO. The fourth-order valence-electron chi connectivity index (χ4n) is 1.87. The third-order valence-electron chi connectivity index (χ3n) is 2.50. The predicted octanol–water partition coefficient (Wildman–Crippen LogP) is 2.47. The molecular weight excluding hydrogens is 162 g/mol. The molecule has 2 heteroatoms. The van der Waals surface area contributed by atoms with Crippen molar-refractivity contribution in [3.63, 3.8) is 0 Å². The summed E-state index contributed by atoms with van der Waals surface area (Å²) in [5, 5.41) is 0. The van der Waals surface area contributed by atoms with E-state index >= 15 is 0 Å². The Balaban J connectivity index is 2.11. The van der Waals surface area contributed by atoms with Gasteiger partial charge in [0.2, 0.25) is 0 Å². The Morgan fingerprint density at radius 2 is 2.31 bits per heavy atom. The van der Waals surface area contributed by atoms with Crippen LogP contribution in [0.3, 0.4) is 0 Å². The zero-order valence-electron chi connectivity index (χ0n) is 7.16. The smallest absolute Gasteiger partial charge is 0.130 e. The van der Waals surface area contributed by atoms with Gasteiger partial charge >= 0.3 is 0 Å². The van der Waals surface area contributed by atoms with Crippen molar-refractivity contribution in [2.24, 2.45) is 4.99 Å². The van der Waals surface area contributed by atoms with Gasteiger partial charge < -0.3 is 4.74 Å². The summed E-state index contributed by atoms with van der Waals surface area (Å²) in [6.45, 7) is 0. The number of allylic oxidation sites excluding steroid dienone is 4. The van der Waals surface area contributed by atoms with E-state index in [9.17, 15) is 0 Å². The highest BCUT2D eigenvalue weighted by Gasteiger charge is 2.23. The second kappa shape index (κ2) is 2.46. The SMILES string of the molecule is C1=COC2=CCC3=C(CC=N3)C2=C1. The molecule has 3 aliphatic rings. The van der Waals surface area contributed by atoms with Crippen molar-refractivity contribution in [3.05, 3.63) is 47.1 Å². The summed E-state index contributed by atoms with van der Waals surface area (Å²) in [5.74, 6) is 0.992. The van der Waals surface area contributed by atoms with Crippen molar-refractivity contribution in [1.82, 2.24) is 0 Å². The summed E-state index contributed by atoms with van der Waals surface area (Å²) >= 11 is 0. The van der Waals surface area contributed by atoms with Gasteiger partial charge in [-0.3, -0.25) is 4.99 Å². The lowest BCUT2D eigenvalue weighted by molar-refractivity contribution is 0.354. The summed E-state index contributed by atoms with van der Waals surface area (Å²) in [6.07, 6.45) is 11.7. The summed E-state index contributed by atoms with van der Waals surface area (Å²) < 4.78 is 5.41. The van der Waals surface area contributed by atoms with Crippen LogP contribution in [0.25, 0.3) is 0 Å². The molecule has 0 aromatic heterocycles. The van der Waals surface area contributed by atoms with Crippen molar-refractivity contribution in [2.75, 3.05) is 0 Å². The molecule has 0 saturated carbocycles. The Morgan fingerprint density at radius 3 is 3.31 bits per heavy atom. The monoisotopic (exact) mass is 171 g/mol. The molecule has 0 fully saturated rings. The highest BCUT2D eigenvalue weighted by Crippen LogP contribution is 2.36. The molecule has 0 radical (unpaired) electrons. The number of ether oxygens (including phenoxy) is 1. The van der Waals surface area contributed by atoms with Gasteiger partial charge in [-0.2, -0.15) is 0 Å². The van der Waals surface area contributed by atoms with Gasteiger partial charge in [0.05, 0.1) is 6.26 Å². The van der Waals surface area contributed by atoms with Crippen LogP contribution in [0.15, 0.2) is 52.1 Å². The quantitative estimate of drug-likeness (QED) is 0.548. The third kappa shape index (κ3) is 0.917. The molecule has 0 aromatic carbocycles. The Hall–Kier alpha value is -1.57. The van der Waals surface area contributed by atoms with E-state index in [0.717, 1.165) is 18.6 Å². The van der Waals surface area contributed by atoms with Crippen molar-refractivity contribution in [1.29, 1.82) is 0 Å². The van der Waals surface area contributed by atoms with Gasteiger partial charge in [0.1, 0.15) is 5.76 Å². The summed E-state index contributed by atoms with van der Waals surface area (Å²) in [6, 6.07) is 0. The second-order valence-corrected chi connectivity index (χ2v) is 3.24. The van der Waals surface area contributed by atoms with Crippen LogP contribution in [0.5, 0.6) is 0 Å². The number of fused-ring (bicyclic) bond motifs is 2. The van der Waals surface area contributed by atoms with Crippen LogP contribution in [0.1, 0.15) is 12.8 Å². The molecule has 0 unspecified atom stereocenters. The molecule has 0 atom stereocenters. The largest absolute Gasteiger partial charge is 0.465 e. The van der Waals surface area contributed by atoms with Crippen LogP contribution in [-0.2, 0) is 4.74 Å². The van der Waals surface area contributed by atoms with E-state index in [-0.39, 0.29) is 0 Å². The summed E-state index contributed by atoms with van der Waals surface area (Å²) in [4.78, 5) is 4.34. The van der Waals surface area contributed by atoms with Crippen molar-refractivity contribution >= 4 is 6.21 Å². The molecule has 2 heterocycles. The van der Waals surface area contributed by atoms with Gasteiger partial charge in [0.15, 0.2) is 0 Å². The minimum Gasteiger partial charge on any atom is -0.465 e. The first-order chi connectivity index (χ1) is 6.45. The molecule has 2 nitrogen and oxygen atoms in total. The first-order valence-corrected chi connectivity index (χ1v) is 4.44. The number of hydrogen-bond donors (Lipinski definition) is 0. The first kappa shape index (κ1) is 6.89. The second-order valence-electron chi connectivity index (χ2n) is 3.24. The average Bonchev–Trinajstić information content (AvgIpc) is 2.65. The van der Waals surface area contributed by atoms with Gasteiger partial charge in [-0.05, 0) is 23.8 Å². The van der Waals surface area contributed by atoms with Crippen molar-refractivity contribution < 1.29 is 4.74 Å². The molecule has 0 amide bonds. The minimum absolute atomic E-state index is 0.909. The highest BCUT2D eigenvalue weighted by molar-refractivity contribution is 5.73. The zero-order valence-corrected chi connectivity index (χ0v) is 7.16. The van der Waals surface area contributed by atoms with E-state index < -0.39 is 0 Å². The van der Waals surface area contributed by atoms with Crippen LogP contribution >= 0.6 is 0 Å². The zero-order chi connectivity index (χ0) is 8.67. The molecule has 3 rings (SSSR count). The molecule has 0 N–H and O–H groups in total. The third-order valence-corrected chi connectivity index (χ3v) is 2.50. The molecule has 2 aliphatic heterocycles. The molecule has 0 aromatic rings. The van der Waals surface area contributed by atoms with E-state index in [4.69, 9.17) is 4.74 Å². The Labute approximate surface area is 76.6 Å². The molecule has 0 saturated heterocycles. The fraction of sp³-hybridized carbons (Fsp3) is 0.182. The molecule has 0 spiro atoms. The standard InChI is InChI=1S/C11H9NO/c1-2-9-8-5-6-12-10(8)3-4-11(9)13-7-1/h1-2,4,6-7H,3,5H2. The van der Waals surface area contributed by atoms with Crippen LogP contribution in [0, 0.1) is 0 Å². The number of nitrogens with zero attached hydrogens (tertiary/aromatic N) is 1. The minimum atomic E-state index is 0.909. The Bertz CT molecular complexity index is 408. The van der Waals surface area contributed by atoms with Gasteiger partial charge in [0, 0.05) is 30.3 Å². The van der Waals surface area contributed by atoms with Gasteiger partial charge in [0.25, 0.3) is 0 Å². The van der Waals surface area contributed by atoms with Crippen LogP contribution in [0.2, 0.25) is 0 Å². The lowest BCUT2D eigenvalue weighted by atomic mass is 9.94. The van der Waals surface area contributed by atoms with Crippen LogP contribution in [-0.4, -0.2) is 6.21 Å². The maximum atomic E-state index is 5.41. The molecule has 1 aliphatic carbocycles. The highest BCUT2D eigenvalue weighted by atomic mass is 16.5. The maximum Gasteiger partial charge on any atom is 0.130 e. The normalized spacial score (nSPS) is 23.4. The molecule has 13 heavy (non-hydrogen) atoms. The summed E-state index contributed by atoms with van der Waals surface area (Å²) in [5.41, 5.74) is 3.75. The number of hydrogen-bond acceptors (Lipinski definition) is 2. The van der Waals surface area contributed by atoms with Gasteiger partial charge in [-0.1, -0.05) is 0 Å². The molecule has 64 valence electrons. The van der Waals surface area contributed by atoms with Gasteiger partial charge in [-0.15, -0.1) is 0 Å². The molecule has 0 bridgehead atoms. The van der Waals surface area contributed by atoms with Crippen LogP contribution < -0.4 is 0 Å². The van der Waals surface area contributed by atoms with E-state index in [1.54, 1.807) is 6.26 Å². The topological polar surface area (TPSA) is 21.6 Å². The van der Waals surface area contributed by atoms with E-state index in [0.29, 0.717) is 0 Å². The average molecular weight is 171 g/mol. The van der Waals surface area contributed by atoms with Gasteiger partial charge in [-0.25, -0.2) is 0 Å². The lowest BCUT2D eigenvalue weighted by Crippen LogP contribution is -2.04. The first-order valence-electron chi connectivity index (χ1n) is 4.44. The van der Waals surface area contributed by atoms with Crippen molar-refractivity contribution in [3.8, 4) is 0 Å². The maximum absolute atomic E-state index is 5.41. The Morgan fingerprint density at radius 1 is 1.31 bits per heavy atom. The van der Waals surface area contributed by atoms with E-state index in [1.807, 2.05) is 12.3 Å². The number of aliphatic imine (C=N–C) groups is 1. The number of rotatable bonds is 0. The van der Waals surface area contributed by atoms with E-state index in [2.05, 4.69) is 17.1 Å². The van der Waals surface area contributed by atoms with Crippen molar-refractivity contribution in [2.45, 2.75) is 12.8 Å². The predicted molar refractivity (Wildman–Crippen MR) is 51.1 cm³/mol.